The molecule has 0 aromatic heterocycles. The smallest absolute Gasteiger partial charge is 0.251 e. The zero-order valence-corrected chi connectivity index (χ0v) is 9.37. The monoisotopic (exact) mass is 238 g/mol. The van der Waals surface area contributed by atoms with E-state index < -0.39 is 11.4 Å². The van der Waals surface area contributed by atoms with Gasteiger partial charge < -0.3 is 16.2 Å². The molecule has 92 valence electrons. The van der Waals surface area contributed by atoms with Gasteiger partial charge in [-0.15, -0.1) is 0 Å². The molecule has 1 aromatic carbocycles. The number of rotatable bonds is 3. The Morgan fingerprint density at radius 1 is 1.53 bits per heavy atom. The minimum Gasteiger partial charge on any atom is -0.396 e. The maximum atomic E-state index is 12.9. The summed E-state index contributed by atoms with van der Waals surface area (Å²) in [5, 5.41) is 12.4. The third-order valence-electron chi connectivity index (χ3n) is 3.12. The van der Waals surface area contributed by atoms with E-state index in [2.05, 4.69) is 5.32 Å². The van der Waals surface area contributed by atoms with Gasteiger partial charge in [-0.2, -0.15) is 0 Å². The number of anilines is 1. The van der Waals surface area contributed by atoms with Gasteiger partial charge in [-0.05, 0) is 37.5 Å². The molecule has 1 amide bonds. The lowest BCUT2D eigenvalue weighted by Crippen LogP contribution is -2.47. The molecular weight excluding hydrogens is 223 g/mol. The second-order valence-electron chi connectivity index (χ2n) is 4.50. The highest BCUT2D eigenvalue weighted by molar-refractivity contribution is 5.95. The van der Waals surface area contributed by atoms with Crippen molar-refractivity contribution in [3.05, 3.63) is 29.6 Å². The van der Waals surface area contributed by atoms with E-state index in [9.17, 15) is 14.3 Å². The van der Waals surface area contributed by atoms with Gasteiger partial charge >= 0.3 is 0 Å². The minimum absolute atomic E-state index is 0.0556. The van der Waals surface area contributed by atoms with Crippen LogP contribution in [0.15, 0.2) is 18.2 Å². The molecule has 0 spiro atoms. The molecule has 17 heavy (non-hydrogen) atoms. The fourth-order valence-corrected chi connectivity index (χ4v) is 1.79. The number of carbonyl (C=O) groups is 1. The summed E-state index contributed by atoms with van der Waals surface area (Å²) in [7, 11) is 0. The van der Waals surface area contributed by atoms with Crippen molar-refractivity contribution >= 4 is 11.6 Å². The van der Waals surface area contributed by atoms with Crippen LogP contribution in [0, 0.1) is 5.82 Å². The Balaban J connectivity index is 1.97. The fourth-order valence-electron chi connectivity index (χ4n) is 1.79. The van der Waals surface area contributed by atoms with E-state index in [1.807, 2.05) is 0 Å². The van der Waals surface area contributed by atoms with Crippen LogP contribution < -0.4 is 11.1 Å². The molecule has 0 heterocycles. The lowest BCUT2D eigenvalue weighted by Gasteiger charge is -2.36. The highest BCUT2D eigenvalue weighted by Gasteiger charge is 2.34. The molecule has 1 saturated carbocycles. The van der Waals surface area contributed by atoms with E-state index >= 15 is 0 Å². The number of benzene rings is 1. The summed E-state index contributed by atoms with van der Waals surface area (Å²) in [5.74, 6) is -0.892. The van der Waals surface area contributed by atoms with Gasteiger partial charge in [-0.3, -0.25) is 4.79 Å². The van der Waals surface area contributed by atoms with Crippen LogP contribution in [0.3, 0.4) is 0 Å². The predicted molar refractivity (Wildman–Crippen MR) is 61.9 cm³/mol. The van der Waals surface area contributed by atoms with Gasteiger partial charge in [0.15, 0.2) is 0 Å². The summed E-state index contributed by atoms with van der Waals surface area (Å²) < 4.78 is 12.9. The summed E-state index contributed by atoms with van der Waals surface area (Å²) in [5.41, 5.74) is 4.85. The maximum Gasteiger partial charge on any atom is 0.251 e. The normalized spacial score (nSPS) is 17.3. The molecule has 1 aliphatic rings. The van der Waals surface area contributed by atoms with E-state index in [0.29, 0.717) is 18.4 Å². The van der Waals surface area contributed by atoms with Crippen molar-refractivity contribution in [3.63, 3.8) is 0 Å². The SMILES string of the molecule is Nc1cc(C(=O)NCC2(O)CCC2)ccc1F. The number of aliphatic hydroxyl groups is 1. The van der Waals surface area contributed by atoms with Crippen LogP contribution in [0.25, 0.3) is 0 Å². The average molecular weight is 238 g/mol. The predicted octanol–water partition coefficient (Wildman–Crippen LogP) is 1.05. The first-order valence-corrected chi connectivity index (χ1v) is 5.56. The maximum absolute atomic E-state index is 12.9. The second kappa shape index (κ2) is 4.33. The summed E-state index contributed by atoms with van der Waals surface area (Å²) in [4.78, 5) is 11.7. The molecule has 0 bridgehead atoms. The first-order valence-electron chi connectivity index (χ1n) is 5.56. The lowest BCUT2D eigenvalue weighted by atomic mass is 9.80. The number of hydrogen-bond donors (Lipinski definition) is 3. The van der Waals surface area contributed by atoms with Crippen molar-refractivity contribution < 1.29 is 14.3 Å². The van der Waals surface area contributed by atoms with Crippen LogP contribution in [-0.2, 0) is 0 Å². The summed E-state index contributed by atoms with van der Waals surface area (Å²) in [6.45, 7) is 0.225. The standard InChI is InChI=1S/C12H15FN2O2/c13-9-3-2-8(6-10(9)14)11(16)15-7-12(17)4-1-5-12/h2-3,6,17H,1,4-5,7,14H2,(H,15,16). The molecule has 0 saturated heterocycles. The number of halogens is 1. The Morgan fingerprint density at radius 3 is 2.76 bits per heavy atom. The fraction of sp³-hybridized carbons (Fsp3) is 0.417. The number of nitrogen functional groups attached to an aromatic ring is 1. The van der Waals surface area contributed by atoms with E-state index in [1.54, 1.807) is 0 Å². The molecular formula is C12H15FN2O2. The minimum atomic E-state index is -0.763. The largest absolute Gasteiger partial charge is 0.396 e. The summed E-state index contributed by atoms with van der Waals surface area (Å²) in [6, 6.07) is 3.81. The molecule has 1 aliphatic carbocycles. The van der Waals surface area contributed by atoms with Crippen molar-refractivity contribution in [1.29, 1.82) is 0 Å². The summed E-state index contributed by atoms with van der Waals surface area (Å²) in [6.07, 6.45) is 2.40. The zero-order valence-electron chi connectivity index (χ0n) is 9.37. The Kier molecular flexibility index (Phi) is 3.02. The van der Waals surface area contributed by atoms with Crippen molar-refractivity contribution in [2.45, 2.75) is 24.9 Å². The third kappa shape index (κ3) is 2.55. The van der Waals surface area contributed by atoms with Gasteiger partial charge in [0.2, 0.25) is 0 Å². The highest BCUT2D eigenvalue weighted by Crippen LogP contribution is 2.30. The highest BCUT2D eigenvalue weighted by atomic mass is 19.1. The van der Waals surface area contributed by atoms with Gasteiger partial charge in [0, 0.05) is 12.1 Å². The van der Waals surface area contributed by atoms with Crippen molar-refractivity contribution in [1.82, 2.24) is 5.32 Å². The third-order valence-corrected chi connectivity index (χ3v) is 3.12. The van der Waals surface area contributed by atoms with Gasteiger partial charge in [-0.25, -0.2) is 4.39 Å². The Labute approximate surface area is 98.6 Å². The number of carbonyl (C=O) groups excluding carboxylic acids is 1. The van der Waals surface area contributed by atoms with Gasteiger partial charge in [0.1, 0.15) is 5.82 Å². The van der Waals surface area contributed by atoms with Gasteiger partial charge in [0.25, 0.3) is 5.91 Å². The molecule has 2 rings (SSSR count). The van der Waals surface area contributed by atoms with E-state index in [1.165, 1.54) is 12.1 Å². The Morgan fingerprint density at radius 2 is 2.24 bits per heavy atom. The topological polar surface area (TPSA) is 75.4 Å². The molecule has 0 radical (unpaired) electrons. The van der Waals surface area contributed by atoms with Crippen molar-refractivity contribution in [2.24, 2.45) is 0 Å². The second-order valence-corrected chi connectivity index (χ2v) is 4.50. The number of nitrogens with one attached hydrogen (secondary N) is 1. The van der Waals surface area contributed by atoms with Crippen LogP contribution in [-0.4, -0.2) is 23.2 Å². The van der Waals surface area contributed by atoms with E-state index in [0.717, 1.165) is 12.5 Å². The zero-order chi connectivity index (χ0) is 12.5. The molecule has 5 heteroatoms. The van der Waals surface area contributed by atoms with Crippen LogP contribution in [0.1, 0.15) is 29.6 Å². The van der Waals surface area contributed by atoms with Gasteiger partial charge in [-0.1, -0.05) is 0 Å². The van der Waals surface area contributed by atoms with Crippen LogP contribution in [0.4, 0.5) is 10.1 Å². The van der Waals surface area contributed by atoms with Crippen molar-refractivity contribution in [3.8, 4) is 0 Å². The molecule has 4 N–H and O–H groups in total. The molecule has 4 nitrogen and oxygen atoms in total. The molecule has 0 unspecified atom stereocenters. The van der Waals surface area contributed by atoms with Crippen LogP contribution in [0.5, 0.6) is 0 Å². The molecule has 1 aromatic rings. The molecule has 1 fully saturated rings. The first-order chi connectivity index (χ1) is 8.00. The van der Waals surface area contributed by atoms with Gasteiger partial charge in [0.05, 0.1) is 11.3 Å². The van der Waals surface area contributed by atoms with Crippen LogP contribution >= 0.6 is 0 Å². The average Bonchev–Trinajstić information content (AvgIpc) is 2.27. The van der Waals surface area contributed by atoms with Crippen LogP contribution in [0.2, 0.25) is 0 Å². The van der Waals surface area contributed by atoms with E-state index in [4.69, 9.17) is 5.73 Å². The Hall–Kier alpha value is -1.62. The number of nitrogens with two attached hydrogens (primary N) is 1. The first kappa shape index (κ1) is 11.9. The number of amides is 1. The Bertz CT molecular complexity index is 444. The summed E-state index contributed by atoms with van der Waals surface area (Å²) >= 11 is 0. The molecule has 0 atom stereocenters. The quantitative estimate of drug-likeness (QED) is 0.689. The lowest BCUT2D eigenvalue weighted by molar-refractivity contribution is -0.0300. The van der Waals surface area contributed by atoms with E-state index in [-0.39, 0.29) is 18.1 Å². The molecule has 0 aliphatic heterocycles. The number of hydrogen-bond acceptors (Lipinski definition) is 3. The van der Waals surface area contributed by atoms with Crippen molar-refractivity contribution in [2.75, 3.05) is 12.3 Å².